The van der Waals surface area contributed by atoms with E-state index in [1.165, 1.54) is 18.5 Å². The van der Waals surface area contributed by atoms with Crippen LogP contribution in [-0.4, -0.2) is 45.7 Å². The monoisotopic (exact) mass is 488 g/mol. The average Bonchev–Trinajstić information content (AvgIpc) is 3.52. The third kappa shape index (κ3) is 5.64. The van der Waals surface area contributed by atoms with Crippen molar-refractivity contribution in [1.29, 1.82) is 0 Å². The minimum Gasteiger partial charge on any atom is -0.489 e. The maximum absolute atomic E-state index is 13.2. The summed E-state index contributed by atoms with van der Waals surface area (Å²) in [6.07, 6.45) is -2.85. The summed E-state index contributed by atoms with van der Waals surface area (Å²) < 4.78 is 49.5. The number of aromatic nitrogens is 2. The molecule has 1 aliphatic rings. The van der Waals surface area contributed by atoms with Gasteiger partial charge in [-0.15, -0.1) is 0 Å². The molecule has 1 aliphatic heterocycles. The highest BCUT2D eigenvalue weighted by atomic mass is 19.4. The van der Waals surface area contributed by atoms with Gasteiger partial charge in [0.2, 0.25) is 18.1 Å². The molecule has 0 bridgehead atoms. The number of hydrogen-bond donors (Lipinski definition) is 1. The third-order valence-electron chi connectivity index (χ3n) is 6.33. The molecular formula is C25H27F3N4O3. The normalized spacial score (nSPS) is 17.8. The molecule has 1 unspecified atom stereocenters. The van der Waals surface area contributed by atoms with Gasteiger partial charge in [-0.1, -0.05) is 35.5 Å². The molecule has 0 aliphatic carbocycles. The van der Waals surface area contributed by atoms with Gasteiger partial charge >= 0.3 is 6.18 Å². The molecule has 1 saturated heterocycles. The van der Waals surface area contributed by atoms with E-state index >= 15 is 0 Å². The van der Waals surface area contributed by atoms with E-state index < -0.39 is 17.3 Å². The highest BCUT2D eigenvalue weighted by Crippen LogP contribution is 2.32. The number of benzene rings is 2. The fourth-order valence-corrected chi connectivity index (χ4v) is 4.09. The standard InChI is InChI=1S/C25H27F3N4O3/c1-16(17-7-9-18(10-8-17)22-29-15-34-31-22)30-23(33)24(2,3)32-12-11-21(14-32)35-20-6-4-5-19(13-20)25(26,27)28/h4-10,13,15-16,21H,11-12,14H2,1-3H3,(H,30,33)/t16?,21-/m1/s1. The Hall–Kier alpha value is -3.40. The summed E-state index contributed by atoms with van der Waals surface area (Å²) in [7, 11) is 0. The Labute approximate surface area is 201 Å². The molecule has 186 valence electrons. The summed E-state index contributed by atoms with van der Waals surface area (Å²) in [6, 6.07) is 12.2. The van der Waals surface area contributed by atoms with Gasteiger partial charge in [-0.25, -0.2) is 0 Å². The van der Waals surface area contributed by atoms with Crippen LogP contribution in [0.2, 0.25) is 0 Å². The van der Waals surface area contributed by atoms with Crippen LogP contribution in [0.1, 0.15) is 44.4 Å². The van der Waals surface area contributed by atoms with Crippen LogP contribution in [0.25, 0.3) is 11.4 Å². The lowest BCUT2D eigenvalue weighted by Crippen LogP contribution is -2.54. The second-order valence-corrected chi connectivity index (χ2v) is 9.13. The minimum absolute atomic E-state index is 0.146. The highest BCUT2D eigenvalue weighted by molar-refractivity contribution is 5.85. The average molecular weight is 489 g/mol. The molecule has 10 heteroatoms. The second-order valence-electron chi connectivity index (χ2n) is 9.13. The number of likely N-dealkylation sites (tertiary alicyclic amines) is 1. The topological polar surface area (TPSA) is 80.5 Å². The Balaban J connectivity index is 1.35. The van der Waals surface area contributed by atoms with Gasteiger partial charge in [-0.3, -0.25) is 9.69 Å². The second kappa shape index (κ2) is 9.69. The van der Waals surface area contributed by atoms with Crippen LogP contribution in [0, 0.1) is 0 Å². The number of ether oxygens (including phenoxy) is 1. The molecule has 0 saturated carbocycles. The zero-order valence-electron chi connectivity index (χ0n) is 19.7. The zero-order valence-corrected chi connectivity index (χ0v) is 19.7. The van der Waals surface area contributed by atoms with Gasteiger partial charge in [-0.2, -0.15) is 18.2 Å². The van der Waals surface area contributed by atoms with Gasteiger partial charge in [0.25, 0.3) is 0 Å². The summed E-state index contributed by atoms with van der Waals surface area (Å²) in [6.45, 7) is 6.60. The first-order chi connectivity index (χ1) is 16.5. The van der Waals surface area contributed by atoms with Gasteiger partial charge in [0.1, 0.15) is 11.9 Å². The lowest BCUT2D eigenvalue weighted by atomic mass is 10.00. The number of carbonyl (C=O) groups excluding carboxylic acids is 1. The number of hydrogen-bond acceptors (Lipinski definition) is 6. The van der Waals surface area contributed by atoms with E-state index in [4.69, 9.17) is 9.26 Å². The molecule has 0 radical (unpaired) electrons. The van der Waals surface area contributed by atoms with Crippen LogP contribution < -0.4 is 10.1 Å². The highest BCUT2D eigenvalue weighted by Gasteiger charge is 2.40. The lowest BCUT2D eigenvalue weighted by Gasteiger charge is -2.35. The van der Waals surface area contributed by atoms with Crippen molar-refractivity contribution in [2.45, 2.75) is 51.1 Å². The molecule has 1 aromatic heterocycles. The molecule has 1 amide bonds. The maximum Gasteiger partial charge on any atom is 0.416 e. The molecule has 7 nitrogen and oxygen atoms in total. The first kappa shape index (κ1) is 24.7. The summed E-state index contributed by atoms with van der Waals surface area (Å²) >= 11 is 0. The van der Waals surface area contributed by atoms with Gasteiger partial charge in [0.05, 0.1) is 17.1 Å². The number of amides is 1. The summed E-state index contributed by atoms with van der Waals surface area (Å²) in [4.78, 5) is 19.2. The van der Waals surface area contributed by atoms with Crippen molar-refractivity contribution in [2.24, 2.45) is 0 Å². The molecule has 35 heavy (non-hydrogen) atoms. The first-order valence-electron chi connectivity index (χ1n) is 11.3. The van der Waals surface area contributed by atoms with Crippen molar-refractivity contribution in [3.8, 4) is 17.1 Å². The van der Waals surface area contributed by atoms with Gasteiger partial charge in [-0.05, 0) is 51.0 Å². The number of rotatable bonds is 7. The Morgan fingerprint density at radius 3 is 2.60 bits per heavy atom. The number of nitrogens with zero attached hydrogens (tertiary/aromatic N) is 3. The van der Waals surface area contributed by atoms with Crippen molar-refractivity contribution >= 4 is 5.91 Å². The largest absolute Gasteiger partial charge is 0.489 e. The fraction of sp³-hybridized carbons (Fsp3) is 0.400. The van der Waals surface area contributed by atoms with E-state index in [1.54, 1.807) is 0 Å². The van der Waals surface area contributed by atoms with E-state index in [1.807, 2.05) is 49.9 Å². The fourth-order valence-electron chi connectivity index (χ4n) is 4.09. The third-order valence-corrected chi connectivity index (χ3v) is 6.33. The Bertz CT molecular complexity index is 1150. The predicted molar refractivity (Wildman–Crippen MR) is 122 cm³/mol. The van der Waals surface area contributed by atoms with E-state index in [-0.39, 0.29) is 23.8 Å². The predicted octanol–water partition coefficient (Wildman–Crippen LogP) is 4.86. The maximum atomic E-state index is 13.2. The minimum atomic E-state index is -4.43. The quantitative estimate of drug-likeness (QED) is 0.512. The van der Waals surface area contributed by atoms with Crippen LogP contribution >= 0.6 is 0 Å². The molecule has 1 fully saturated rings. The Morgan fingerprint density at radius 1 is 1.20 bits per heavy atom. The summed E-state index contributed by atoms with van der Waals surface area (Å²) in [5.41, 5.74) is 0.160. The molecule has 2 atom stereocenters. The Morgan fingerprint density at radius 2 is 1.94 bits per heavy atom. The van der Waals surface area contributed by atoms with Gasteiger partial charge < -0.3 is 14.6 Å². The van der Waals surface area contributed by atoms with Gasteiger partial charge in [0, 0.05) is 18.7 Å². The van der Waals surface area contributed by atoms with E-state index in [9.17, 15) is 18.0 Å². The number of alkyl halides is 3. The summed E-state index contributed by atoms with van der Waals surface area (Å²) in [5.74, 6) is 0.518. The summed E-state index contributed by atoms with van der Waals surface area (Å²) in [5, 5.41) is 6.87. The van der Waals surface area contributed by atoms with Crippen LogP contribution in [0.5, 0.6) is 5.75 Å². The van der Waals surface area contributed by atoms with E-state index in [2.05, 4.69) is 15.5 Å². The van der Waals surface area contributed by atoms with Crippen molar-refractivity contribution in [1.82, 2.24) is 20.4 Å². The lowest BCUT2D eigenvalue weighted by molar-refractivity contribution is -0.137. The molecule has 3 aromatic rings. The molecule has 2 aromatic carbocycles. The first-order valence-corrected chi connectivity index (χ1v) is 11.3. The number of halogens is 3. The van der Waals surface area contributed by atoms with Crippen LogP contribution in [0.4, 0.5) is 13.2 Å². The van der Waals surface area contributed by atoms with Crippen LogP contribution in [0.3, 0.4) is 0 Å². The molecular weight excluding hydrogens is 461 g/mol. The molecule has 2 heterocycles. The van der Waals surface area contributed by atoms with Crippen molar-refractivity contribution in [3.63, 3.8) is 0 Å². The smallest absolute Gasteiger partial charge is 0.416 e. The number of nitrogens with one attached hydrogen (secondary N) is 1. The van der Waals surface area contributed by atoms with E-state index in [0.717, 1.165) is 23.3 Å². The van der Waals surface area contributed by atoms with E-state index in [0.29, 0.717) is 25.3 Å². The van der Waals surface area contributed by atoms with Crippen molar-refractivity contribution < 1.29 is 27.2 Å². The molecule has 4 rings (SSSR count). The molecule has 1 N–H and O–H groups in total. The van der Waals surface area contributed by atoms with Crippen molar-refractivity contribution in [3.05, 3.63) is 66.1 Å². The van der Waals surface area contributed by atoms with Crippen LogP contribution in [0.15, 0.2) is 59.4 Å². The Kier molecular flexibility index (Phi) is 6.84. The molecule has 0 spiro atoms. The van der Waals surface area contributed by atoms with Crippen molar-refractivity contribution in [2.75, 3.05) is 13.1 Å². The number of carbonyl (C=O) groups is 1. The van der Waals surface area contributed by atoms with Gasteiger partial charge in [0.15, 0.2) is 0 Å². The zero-order chi connectivity index (χ0) is 25.2. The van der Waals surface area contributed by atoms with Crippen LogP contribution in [-0.2, 0) is 11.0 Å². The SMILES string of the molecule is CC(NC(=O)C(C)(C)N1CC[C@@H](Oc2cccc(C(F)(F)F)c2)C1)c1ccc(-c2ncon2)cc1.